The average Bonchev–Trinajstić information content (AvgIpc) is 2.89. The van der Waals surface area contributed by atoms with E-state index < -0.39 is 0 Å². The topological polar surface area (TPSA) is 58.5 Å². The third-order valence-electron chi connectivity index (χ3n) is 3.82. The molecule has 5 nitrogen and oxygen atoms in total. The zero-order chi connectivity index (χ0) is 19.1. The molecule has 1 heterocycles. The van der Waals surface area contributed by atoms with Gasteiger partial charge in [-0.05, 0) is 53.2 Å². The van der Waals surface area contributed by atoms with Gasteiger partial charge in [0.05, 0.1) is 24.9 Å². The van der Waals surface area contributed by atoms with Crippen LogP contribution in [0.25, 0.3) is 0 Å². The van der Waals surface area contributed by atoms with Crippen LogP contribution in [0.1, 0.15) is 47.5 Å². The average molecular weight is 375 g/mol. The highest BCUT2D eigenvalue weighted by Crippen LogP contribution is 2.22. The van der Waals surface area contributed by atoms with Crippen molar-refractivity contribution in [2.24, 2.45) is 4.99 Å². The Kier molecular flexibility index (Phi) is 7.45. The summed E-state index contributed by atoms with van der Waals surface area (Å²) in [5.41, 5.74) is 3.37. The van der Waals surface area contributed by atoms with Crippen molar-refractivity contribution in [1.29, 1.82) is 0 Å². The Morgan fingerprint density at radius 3 is 2.62 bits per heavy atom. The summed E-state index contributed by atoms with van der Waals surface area (Å²) in [6, 6.07) is 6.26. The van der Waals surface area contributed by atoms with Gasteiger partial charge in [-0.1, -0.05) is 12.1 Å². The fraction of sp³-hybridized carbons (Fsp3) is 0.500. The molecule has 0 radical (unpaired) electrons. The zero-order valence-corrected chi connectivity index (χ0v) is 17.5. The molecule has 0 bridgehead atoms. The van der Waals surface area contributed by atoms with Crippen molar-refractivity contribution in [2.45, 2.75) is 60.7 Å². The van der Waals surface area contributed by atoms with Gasteiger partial charge in [0.25, 0.3) is 0 Å². The van der Waals surface area contributed by atoms with Crippen molar-refractivity contribution < 1.29 is 4.74 Å². The molecule has 0 spiro atoms. The van der Waals surface area contributed by atoms with Crippen LogP contribution in [0.15, 0.2) is 23.2 Å². The van der Waals surface area contributed by atoms with E-state index in [1.165, 1.54) is 10.4 Å². The van der Waals surface area contributed by atoms with E-state index in [0.717, 1.165) is 34.5 Å². The summed E-state index contributed by atoms with van der Waals surface area (Å²) in [6.45, 7) is 14.4. The number of guanidine groups is 1. The van der Waals surface area contributed by atoms with Gasteiger partial charge in [-0.2, -0.15) is 0 Å². The lowest BCUT2D eigenvalue weighted by Gasteiger charge is -2.15. The van der Waals surface area contributed by atoms with Crippen LogP contribution in [0, 0.1) is 20.8 Å². The molecular weight excluding hydrogens is 344 g/mol. The molecular formula is C20H30N4OS. The summed E-state index contributed by atoms with van der Waals surface area (Å²) in [6.07, 6.45) is 0.141. The largest absolute Gasteiger partial charge is 0.491 e. The van der Waals surface area contributed by atoms with Crippen molar-refractivity contribution in [1.82, 2.24) is 15.6 Å². The van der Waals surface area contributed by atoms with Crippen LogP contribution in [-0.4, -0.2) is 23.6 Å². The van der Waals surface area contributed by atoms with Crippen LogP contribution < -0.4 is 15.4 Å². The predicted molar refractivity (Wildman–Crippen MR) is 110 cm³/mol. The van der Waals surface area contributed by atoms with E-state index in [4.69, 9.17) is 9.73 Å². The molecule has 0 saturated heterocycles. The molecule has 0 aliphatic heterocycles. The van der Waals surface area contributed by atoms with Crippen LogP contribution in [-0.2, 0) is 13.1 Å². The number of aliphatic imine (C=N–C) groups is 1. The fourth-order valence-corrected chi connectivity index (χ4v) is 3.31. The highest BCUT2D eigenvalue weighted by molar-refractivity contribution is 7.11. The van der Waals surface area contributed by atoms with Gasteiger partial charge in [0.15, 0.2) is 5.96 Å². The van der Waals surface area contributed by atoms with E-state index in [9.17, 15) is 0 Å². The summed E-state index contributed by atoms with van der Waals surface area (Å²) >= 11 is 1.72. The lowest BCUT2D eigenvalue weighted by atomic mass is 10.1. The van der Waals surface area contributed by atoms with Crippen LogP contribution in [0.5, 0.6) is 5.75 Å². The molecule has 0 aliphatic rings. The van der Waals surface area contributed by atoms with Gasteiger partial charge in [-0.15, -0.1) is 11.3 Å². The smallest absolute Gasteiger partial charge is 0.191 e. The van der Waals surface area contributed by atoms with E-state index in [1.807, 2.05) is 20.8 Å². The van der Waals surface area contributed by atoms with E-state index >= 15 is 0 Å². The first-order valence-electron chi connectivity index (χ1n) is 9.10. The monoisotopic (exact) mass is 374 g/mol. The van der Waals surface area contributed by atoms with Gasteiger partial charge in [0.2, 0.25) is 0 Å². The third kappa shape index (κ3) is 6.02. The highest BCUT2D eigenvalue weighted by atomic mass is 32.1. The first kappa shape index (κ1) is 20.2. The number of benzene rings is 1. The number of hydrogen-bond acceptors (Lipinski definition) is 4. The van der Waals surface area contributed by atoms with Crippen molar-refractivity contribution in [3.05, 3.63) is 44.9 Å². The molecule has 6 heteroatoms. The number of rotatable bonds is 7. The second-order valence-corrected chi connectivity index (χ2v) is 7.86. The Morgan fingerprint density at radius 2 is 2.00 bits per heavy atom. The molecule has 1 aromatic carbocycles. The number of aromatic nitrogens is 1. The van der Waals surface area contributed by atoms with E-state index in [0.29, 0.717) is 13.1 Å². The SMILES string of the molecule is CCNC(=NCc1ccc(C)cc1OC(C)C)NCc1nc(C)c(C)s1. The zero-order valence-electron chi connectivity index (χ0n) is 16.6. The maximum Gasteiger partial charge on any atom is 0.191 e. The van der Waals surface area contributed by atoms with Crippen molar-refractivity contribution >= 4 is 17.3 Å². The molecule has 0 aliphatic carbocycles. The van der Waals surface area contributed by atoms with E-state index in [2.05, 4.69) is 54.6 Å². The highest BCUT2D eigenvalue weighted by Gasteiger charge is 2.08. The van der Waals surface area contributed by atoms with Crippen LogP contribution in [0.2, 0.25) is 0 Å². The molecule has 2 aromatic rings. The van der Waals surface area contributed by atoms with Crippen molar-refractivity contribution in [3.63, 3.8) is 0 Å². The Labute approximate surface area is 160 Å². The van der Waals surface area contributed by atoms with Gasteiger partial charge in [0, 0.05) is 17.0 Å². The number of thiazole rings is 1. The third-order valence-corrected chi connectivity index (χ3v) is 4.89. The quantitative estimate of drug-likeness (QED) is 0.566. The molecule has 0 saturated carbocycles. The number of aryl methyl sites for hydroxylation is 3. The van der Waals surface area contributed by atoms with Crippen LogP contribution in [0.3, 0.4) is 0 Å². The number of ether oxygens (including phenoxy) is 1. The number of hydrogen-bond donors (Lipinski definition) is 2. The second kappa shape index (κ2) is 9.57. The minimum atomic E-state index is 0.141. The maximum absolute atomic E-state index is 5.95. The van der Waals surface area contributed by atoms with Gasteiger partial charge in [-0.3, -0.25) is 0 Å². The molecule has 2 rings (SSSR count). The molecule has 0 amide bonds. The van der Waals surface area contributed by atoms with E-state index in [1.54, 1.807) is 11.3 Å². The van der Waals surface area contributed by atoms with Gasteiger partial charge < -0.3 is 15.4 Å². The lowest BCUT2D eigenvalue weighted by Crippen LogP contribution is -2.36. The molecule has 0 unspecified atom stereocenters. The first-order valence-corrected chi connectivity index (χ1v) is 9.92. The van der Waals surface area contributed by atoms with Gasteiger partial charge in [-0.25, -0.2) is 9.98 Å². The van der Waals surface area contributed by atoms with Crippen LogP contribution >= 0.6 is 11.3 Å². The molecule has 1 aromatic heterocycles. The Hall–Kier alpha value is -2.08. The standard InChI is InChI=1S/C20H30N4OS/c1-7-21-20(23-12-19-24-15(5)16(6)26-19)22-11-17-9-8-14(4)10-18(17)25-13(2)3/h8-10,13H,7,11-12H2,1-6H3,(H2,21,22,23). The van der Waals surface area contributed by atoms with Crippen LogP contribution in [0.4, 0.5) is 0 Å². The van der Waals surface area contributed by atoms with E-state index in [-0.39, 0.29) is 6.10 Å². The lowest BCUT2D eigenvalue weighted by molar-refractivity contribution is 0.240. The summed E-state index contributed by atoms with van der Waals surface area (Å²) in [5.74, 6) is 1.69. The molecule has 142 valence electrons. The molecule has 0 fully saturated rings. The second-order valence-electron chi connectivity index (χ2n) is 6.58. The minimum absolute atomic E-state index is 0.141. The minimum Gasteiger partial charge on any atom is -0.491 e. The maximum atomic E-state index is 5.95. The normalized spacial score (nSPS) is 11.7. The number of nitrogens with zero attached hydrogens (tertiary/aromatic N) is 2. The summed E-state index contributed by atoms with van der Waals surface area (Å²) in [4.78, 5) is 10.6. The summed E-state index contributed by atoms with van der Waals surface area (Å²) < 4.78 is 5.95. The fourth-order valence-electron chi connectivity index (χ4n) is 2.44. The summed E-state index contributed by atoms with van der Waals surface area (Å²) in [5, 5.41) is 7.73. The predicted octanol–water partition coefficient (Wildman–Crippen LogP) is 4.11. The summed E-state index contributed by atoms with van der Waals surface area (Å²) in [7, 11) is 0. The molecule has 2 N–H and O–H groups in total. The Balaban J connectivity index is 2.08. The first-order chi connectivity index (χ1) is 12.4. The molecule has 0 atom stereocenters. The number of nitrogens with one attached hydrogen (secondary N) is 2. The van der Waals surface area contributed by atoms with Crippen molar-refractivity contribution in [3.8, 4) is 5.75 Å². The Morgan fingerprint density at radius 1 is 1.23 bits per heavy atom. The van der Waals surface area contributed by atoms with Gasteiger partial charge >= 0.3 is 0 Å². The van der Waals surface area contributed by atoms with Crippen molar-refractivity contribution in [2.75, 3.05) is 6.54 Å². The Bertz CT molecular complexity index is 733. The molecule has 26 heavy (non-hydrogen) atoms. The van der Waals surface area contributed by atoms with Gasteiger partial charge in [0.1, 0.15) is 10.8 Å².